The summed E-state index contributed by atoms with van der Waals surface area (Å²) in [6.45, 7) is 6.03. The zero-order valence-electron chi connectivity index (χ0n) is 16.5. The molecule has 1 N–H and O–H groups in total. The topological polar surface area (TPSA) is 137 Å². The molecule has 3 rings (SSSR count). The first kappa shape index (κ1) is 20.7. The van der Waals surface area contributed by atoms with Crippen LogP contribution in [0, 0.1) is 41.0 Å². The highest BCUT2D eigenvalue weighted by Crippen LogP contribution is 2.42. The van der Waals surface area contributed by atoms with Gasteiger partial charge in [-0.1, -0.05) is 0 Å². The minimum Gasteiger partial charge on any atom is -0.392 e. The van der Waals surface area contributed by atoms with Crippen LogP contribution in [0.2, 0.25) is 0 Å². The Kier molecular flexibility index (Phi) is 5.80. The van der Waals surface area contributed by atoms with Crippen LogP contribution in [0.15, 0.2) is 12.1 Å². The molecule has 1 saturated heterocycles. The smallest absolute Gasteiger partial charge is 0.302 e. The number of benzene rings is 1. The number of hydrogen-bond donors (Lipinski definition) is 1. The van der Waals surface area contributed by atoms with Crippen LogP contribution in [0.4, 0.5) is 17.1 Å². The molecule has 2 aromatic rings. The van der Waals surface area contributed by atoms with E-state index in [1.54, 1.807) is 9.58 Å². The van der Waals surface area contributed by atoms with E-state index in [9.17, 15) is 25.3 Å². The van der Waals surface area contributed by atoms with Crippen molar-refractivity contribution in [1.29, 1.82) is 0 Å². The van der Waals surface area contributed by atoms with Gasteiger partial charge in [0.15, 0.2) is 5.69 Å². The zero-order valence-corrected chi connectivity index (χ0v) is 16.5. The predicted octanol–water partition coefficient (Wildman–Crippen LogP) is 2.02. The van der Waals surface area contributed by atoms with E-state index in [2.05, 4.69) is 5.10 Å². The van der Waals surface area contributed by atoms with Crippen LogP contribution in [0.25, 0.3) is 0 Å². The molecule has 0 amide bonds. The van der Waals surface area contributed by atoms with E-state index in [1.165, 1.54) is 13.0 Å². The summed E-state index contributed by atoms with van der Waals surface area (Å²) in [4.78, 5) is 23.8. The van der Waals surface area contributed by atoms with E-state index in [1.807, 2.05) is 19.9 Å². The number of nitrogens with zero attached hydrogens (tertiary/aromatic N) is 5. The van der Waals surface area contributed by atoms with Gasteiger partial charge in [0.25, 0.3) is 5.69 Å². The number of aryl methyl sites for hydroxylation is 2. The number of aromatic nitrogens is 2. The van der Waals surface area contributed by atoms with E-state index in [0.717, 1.165) is 11.4 Å². The van der Waals surface area contributed by atoms with Crippen molar-refractivity contribution < 1.29 is 19.7 Å². The van der Waals surface area contributed by atoms with E-state index < -0.39 is 22.1 Å². The first-order valence-electron chi connectivity index (χ1n) is 9.16. The Bertz CT molecular complexity index is 957. The molecule has 1 unspecified atom stereocenters. The van der Waals surface area contributed by atoms with Crippen LogP contribution in [0.5, 0.6) is 0 Å². The number of morpholine rings is 1. The lowest BCUT2D eigenvalue weighted by atomic mass is 10.0. The van der Waals surface area contributed by atoms with Crippen molar-refractivity contribution in [3.63, 3.8) is 0 Å². The average Bonchev–Trinajstić information content (AvgIpc) is 2.97. The molecule has 156 valence electrons. The number of aliphatic hydroxyl groups is 1. The molecule has 2 heterocycles. The minimum atomic E-state index is -0.646. The molecule has 1 atom stereocenters. The SMILES string of the molecule is Cc1cc(C)n(CC2CN(c3c([N+](=O)[O-])cc(CO)c(C)c3[N+](=O)[O-])CCO2)n1. The lowest BCUT2D eigenvalue weighted by Crippen LogP contribution is -2.45. The molecule has 1 aromatic carbocycles. The summed E-state index contributed by atoms with van der Waals surface area (Å²) in [7, 11) is 0. The summed E-state index contributed by atoms with van der Waals surface area (Å²) >= 11 is 0. The lowest BCUT2D eigenvalue weighted by molar-refractivity contribution is -0.393. The number of rotatable bonds is 6. The number of hydrogen-bond acceptors (Lipinski definition) is 8. The van der Waals surface area contributed by atoms with Crippen LogP contribution in [0.3, 0.4) is 0 Å². The Balaban J connectivity index is 2.00. The lowest BCUT2D eigenvalue weighted by Gasteiger charge is -2.34. The summed E-state index contributed by atoms with van der Waals surface area (Å²) in [5, 5.41) is 37.3. The highest BCUT2D eigenvalue weighted by molar-refractivity contribution is 5.79. The maximum Gasteiger partial charge on any atom is 0.302 e. The van der Waals surface area contributed by atoms with E-state index >= 15 is 0 Å². The van der Waals surface area contributed by atoms with Gasteiger partial charge in [0.05, 0.1) is 41.4 Å². The van der Waals surface area contributed by atoms with Gasteiger partial charge >= 0.3 is 5.69 Å². The predicted molar refractivity (Wildman–Crippen MR) is 104 cm³/mol. The van der Waals surface area contributed by atoms with Crippen LogP contribution >= 0.6 is 0 Å². The molecule has 11 nitrogen and oxygen atoms in total. The maximum absolute atomic E-state index is 11.8. The van der Waals surface area contributed by atoms with Crippen LogP contribution in [-0.4, -0.2) is 50.5 Å². The highest BCUT2D eigenvalue weighted by Gasteiger charge is 2.36. The highest BCUT2D eigenvalue weighted by atomic mass is 16.6. The van der Waals surface area contributed by atoms with Crippen molar-refractivity contribution in [2.45, 2.75) is 40.0 Å². The molecule has 1 aliphatic heterocycles. The molecule has 0 bridgehead atoms. The Labute approximate surface area is 166 Å². The second-order valence-electron chi connectivity index (χ2n) is 7.10. The third-order valence-corrected chi connectivity index (χ3v) is 5.10. The van der Waals surface area contributed by atoms with Gasteiger partial charge in [-0.05, 0) is 32.4 Å². The number of ether oxygens (including phenoxy) is 1. The molecule has 1 fully saturated rings. The van der Waals surface area contributed by atoms with Gasteiger partial charge < -0.3 is 14.7 Å². The summed E-state index contributed by atoms with van der Waals surface area (Å²) < 4.78 is 7.59. The van der Waals surface area contributed by atoms with Gasteiger partial charge in [0.1, 0.15) is 0 Å². The van der Waals surface area contributed by atoms with Gasteiger partial charge in [-0.2, -0.15) is 5.10 Å². The molecule has 1 aromatic heterocycles. The maximum atomic E-state index is 11.8. The first-order valence-corrected chi connectivity index (χ1v) is 9.16. The van der Waals surface area contributed by atoms with Crippen molar-refractivity contribution in [2.24, 2.45) is 0 Å². The monoisotopic (exact) mass is 405 g/mol. The fourth-order valence-corrected chi connectivity index (χ4v) is 3.72. The molecular weight excluding hydrogens is 382 g/mol. The summed E-state index contributed by atoms with van der Waals surface area (Å²) in [5.41, 5.74) is 1.43. The van der Waals surface area contributed by atoms with Gasteiger partial charge in [-0.3, -0.25) is 24.9 Å². The third-order valence-electron chi connectivity index (χ3n) is 5.10. The van der Waals surface area contributed by atoms with Crippen LogP contribution in [0.1, 0.15) is 22.5 Å². The molecular formula is C18H23N5O6. The minimum absolute atomic E-state index is 0.0450. The van der Waals surface area contributed by atoms with Gasteiger partial charge in [-0.25, -0.2) is 0 Å². The van der Waals surface area contributed by atoms with Crippen LogP contribution in [-0.2, 0) is 17.9 Å². The largest absolute Gasteiger partial charge is 0.392 e. The third kappa shape index (κ3) is 4.05. The van der Waals surface area contributed by atoms with Crippen molar-refractivity contribution >= 4 is 17.1 Å². The normalized spacial score (nSPS) is 16.8. The van der Waals surface area contributed by atoms with E-state index in [4.69, 9.17) is 4.74 Å². The molecule has 11 heteroatoms. The second kappa shape index (κ2) is 8.13. The van der Waals surface area contributed by atoms with Crippen molar-refractivity contribution in [3.8, 4) is 0 Å². The Morgan fingerprint density at radius 1 is 1.24 bits per heavy atom. The van der Waals surface area contributed by atoms with E-state index in [0.29, 0.717) is 6.54 Å². The molecule has 29 heavy (non-hydrogen) atoms. The molecule has 0 aliphatic carbocycles. The Hall–Kier alpha value is -3.05. The summed E-state index contributed by atoms with van der Waals surface area (Å²) in [6, 6.07) is 3.15. The van der Waals surface area contributed by atoms with Gasteiger partial charge in [-0.15, -0.1) is 0 Å². The number of nitro benzene ring substituents is 2. The Morgan fingerprint density at radius 2 is 1.97 bits per heavy atom. The first-order chi connectivity index (χ1) is 13.7. The summed E-state index contributed by atoms with van der Waals surface area (Å²) in [5.74, 6) is 0. The van der Waals surface area contributed by atoms with Crippen molar-refractivity contribution in [1.82, 2.24) is 9.78 Å². The van der Waals surface area contributed by atoms with Gasteiger partial charge in [0.2, 0.25) is 0 Å². The molecule has 1 aliphatic rings. The van der Waals surface area contributed by atoms with Gasteiger partial charge in [0, 0.05) is 30.4 Å². The standard InChI is InChI=1S/C18H23N5O6/c1-11-6-12(2)21(19-11)9-15-8-20(4-5-29-15)18-16(22(25)26)7-14(10-24)13(3)17(18)23(27)28/h6-7,15,24H,4-5,8-10H2,1-3H3. The average molecular weight is 405 g/mol. The molecule has 0 spiro atoms. The van der Waals surface area contributed by atoms with Crippen molar-refractivity contribution in [3.05, 3.63) is 54.9 Å². The fourth-order valence-electron chi connectivity index (χ4n) is 3.72. The molecule has 0 radical (unpaired) electrons. The number of nitro groups is 2. The second-order valence-corrected chi connectivity index (χ2v) is 7.10. The molecule has 0 saturated carbocycles. The zero-order chi connectivity index (χ0) is 21.3. The van der Waals surface area contributed by atoms with Crippen molar-refractivity contribution in [2.75, 3.05) is 24.6 Å². The van der Waals surface area contributed by atoms with Crippen LogP contribution < -0.4 is 4.90 Å². The number of anilines is 1. The summed E-state index contributed by atoms with van der Waals surface area (Å²) in [6.07, 6.45) is -0.334. The fraction of sp³-hybridized carbons (Fsp3) is 0.500. The quantitative estimate of drug-likeness (QED) is 0.569. The Morgan fingerprint density at radius 3 is 2.52 bits per heavy atom. The van der Waals surface area contributed by atoms with E-state index in [-0.39, 0.29) is 48.3 Å². The number of aliphatic hydroxyl groups excluding tert-OH is 1.